The number of benzene rings is 2. The van der Waals surface area contributed by atoms with Crippen LogP contribution in [0.1, 0.15) is 23.0 Å². The van der Waals surface area contributed by atoms with Crippen LogP contribution in [0.5, 0.6) is 5.75 Å². The standard InChI is InChI=1S/C20H17N5O2/c1-2-27-18-10-6-5-9-16(18)24-19-13-22-17(12-23-19)20(26)25-15-8-4-3-7-14(15)11-21/h3-10,12-13H,2H2,1H3,(H,23,24)(H,25,26). The van der Waals surface area contributed by atoms with Crippen LogP contribution in [-0.4, -0.2) is 22.5 Å². The third-order valence-corrected chi connectivity index (χ3v) is 3.63. The van der Waals surface area contributed by atoms with Crippen molar-refractivity contribution in [2.24, 2.45) is 0 Å². The number of rotatable bonds is 6. The van der Waals surface area contributed by atoms with E-state index in [1.807, 2.05) is 37.3 Å². The minimum absolute atomic E-state index is 0.145. The van der Waals surface area contributed by atoms with Crippen LogP contribution >= 0.6 is 0 Å². The fraction of sp³-hybridized carbons (Fsp3) is 0.100. The smallest absolute Gasteiger partial charge is 0.275 e. The van der Waals surface area contributed by atoms with Gasteiger partial charge in [-0.25, -0.2) is 9.97 Å². The second-order valence-corrected chi connectivity index (χ2v) is 5.45. The van der Waals surface area contributed by atoms with E-state index in [0.29, 0.717) is 29.4 Å². The predicted octanol–water partition coefficient (Wildman–Crippen LogP) is 3.74. The molecule has 0 radical (unpaired) electrons. The minimum atomic E-state index is -0.438. The molecule has 1 heterocycles. The first-order chi connectivity index (χ1) is 13.2. The predicted molar refractivity (Wildman–Crippen MR) is 102 cm³/mol. The number of para-hydroxylation sites is 3. The first kappa shape index (κ1) is 17.9. The summed E-state index contributed by atoms with van der Waals surface area (Å²) in [7, 11) is 0. The van der Waals surface area contributed by atoms with E-state index in [9.17, 15) is 4.79 Å². The normalized spacial score (nSPS) is 9.93. The molecule has 0 saturated carbocycles. The number of nitriles is 1. The van der Waals surface area contributed by atoms with Gasteiger partial charge in [-0.05, 0) is 31.2 Å². The lowest BCUT2D eigenvalue weighted by Crippen LogP contribution is -2.15. The van der Waals surface area contributed by atoms with Gasteiger partial charge in [0.2, 0.25) is 0 Å². The Bertz CT molecular complexity index is 980. The topological polar surface area (TPSA) is 99.9 Å². The summed E-state index contributed by atoms with van der Waals surface area (Å²) in [5.74, 6) is 0.749. The van der Waals surface area contributed by atoms with Crippen LogP contribution < -0.4 is 15.4 Å². The molecule has 0 unspecified atom stereocenters. The summed E-state index contributed by atoms with van der Waals surface area (Å²) in [6.45, 7) is 2.46. The van der Waals surface area contributed by atoms with Crippen molar-refractivity contribution >= 4 is 23.1 Å². The van der Waals surface area contributed by atoms with Crippen molar-refractivity contribution in [3.8, 4) is 11.8 Å². The molecule has 3 rings (SSSR count). The van der Waals surface area contributed by atoms with Crippen LogP contribution in [0.4, 0.5) is 17.2 Å². The van der Waals surface area contributed by atoms with Gasteiger partial charge in [0.1, 0.15) is 23.3 Å². The van der Waals surface area contributed by atoms with Crippen LogP contribution in [-0.2, 0) is 0 Å². The molecular formula is C20H17N5O2. The van der Waals surface area contributed by atoms with Crippen molar-refractivity contribution in [3.05, 3.63) is 72.2 Å². The second kappa shape index (κ2) is 8.45. The number of amides is 1. The lowest BCUT2D eigenvalue weighted by molar-refractivity contribution is 0.102. The number of ether oxygens (including phenoxy) is 1. The van der Waals surface area contributed by atoms with Gasteiger partial charge in [0.25, 0.3) is 5.91 Å². The van der Waals surface area contributed by atoms with E-state index in [0.717, 1.165) is 5.69 Å². The molecule has 0 aliphatic carbocycles. The van der Waals surface area contributed by atoms with Gasteiger partial charge in [0.15, 0.2) is 0 Å². The fourth-order valence-electron chi connectivity index (χ4n) is 2.38. The third kappa shape index (κ3) is 4.38. The molecule has 1 amide bonds. The zero-order chi connectivity index (χ0) is 19.1. The molecule has 0 atom stereocenters. The number of aromatic nitrogens is 2. The lowest BCUT2D eigenvalue weighted by atomic mass is 10.2. The molecular weight excluding hydrogens is 342 g/mol. The van der Waals surface area contributed by atoms with Crippen LogP contribution in [0.15, 0.2) is 60.9 Å². The summed E-state index contributed by atoms with van der Waals surface area (Å²) in [5.41, 5.74) is 1.71. The lowest BCUT2D eigenvalue weighted by Gasteiger charge is -2.11. The maximum atomic E-state index is 12.3. The number of nitrogens with zero attached hydrogens (tertiary/aromatic N) is 3. The highest BCUT2D eigenvalue weighted by Gasteiger charge is 2.11. The van der Waals surface area contributed by atoms with E-state index in [-0.39, 0.29) is 5.69 Å². The van der Waals surface area contributed by atoms with Gasteiger partial charge in [-0.3, -0.25) is 4.79 Å². The zero-order valence-electron chi connectivity index (χ0n) is 14.6. The summed E-state index contributed by atoms with van der Waals surface area (Å²) in [4.78, 5) is 20.7. The Hall–Kier alpha value is -3.92. The fourth-order valence-corrected chi connectivity index (χ4v) is 2.38. The van der Waals surface area contributed by atoms with Gasteiger partial charge < -0.3 is 15.4 Å². The van der Waals surface area contributed by atoms with Crippen LogP contribution in [0.2, 0.25) is 0 Å². The second-order valence-electron chi connectivity index (χ2n) is 5.45. The van der Waals surface area contributed by atoms with E-state index < -0.39 is 5.91 Å². The molecule has 0 bridgehead atoms. The molecule has 0 aliphatic rings. The SMILES string of the molecule is CCOc1ccccc1Nc1cnc(C(=O)Nc2ccccc2C#N)cn1. The molecule has 0 aliphatic heterocycles. The largest absolute Gasteiger partial charge is 0.492 e. The van der Waals surface area contributed by atoms with Crippen molar-refractivity contribution in [1.29, 1.82) is 5.26 Å². The molecule has 2 aromatic carbocycles. The van der Waals surface area contributed by atoms with Crippen molar-refractivity contribution < 1.29 is 9.53 Å². The molecule has 1 aromatic heterocycles. The minimum Gasteiger partial charge on any atom is -0.492 e. The molecule has 134 valence electrons. The molecule has 7 nitrogen and oxygen atoms in total. The van der Waals surface area contributed by atoms with Crippen molar-refractivity contribution in [1.82, 2.24) is 9.97 Å². The Morgan fingerprint density at radius 3 is 2.52 bits per heavy atom. The maximum absolute atomic E-state index is 12.3. The van der Waals surface area contributed by atoms with Crippen LogP contribution in [0.25, 0.3) is 0 Å². The van der Waals surface area contributed by atoms with E-state index >= 15 is 0 Å². The number of carbonyl (C=O) groups is 1. The highest BCUT2D eigenvalue weighted by molar-refractivity contribution is 6.03. The summed E-state index contributed by atoms with van der Waals surface area (Å²) in [5, 5.41) is 14.9. The van der Waals surface area contributed by atoms with Crippen LogP contribution in [0.3, 0.4) is 0 Å². The van der Waals surface area contributed by atoms with E-state index in [4.69, 9.17) is 10.00 Å². The molecule has 0 saturated heterocycles. The summed E-state index contributed by atoms with van der Waals surface area (Å²) in [6.07, 6.45) is 2.84. The Labute approximate surface area is 156 Å². The first-order valence-corrected chi connectivity index (χ1v) is 8.32. The van der Waals surface area contributed by atoms with Gasteiger partial charge in [-0.2, -0.15) is 5.26 Å². The highest BCUT2D eigenvalue weighted by Crippen LogP contribution is 2.26. The van der Waals surface area contributed by atoms with Gasteiger partial charge in [-0.15, -0.1) is 0 Å². The Balaban J connectivity index is 1.72. The average Bonchev–Trinajstić information content (AvgIpc) is 2.70. The van der Waals surface area contributed by atoms with Gasteiger partial charge in [0.05, 0.1) is 35.9 Å². The molecule has 0 spiro atoms. The number of hydrogen-bond acceptors (Lipinski definition) is 6. The van der Waals surface area contributed by atoms with Crippen molar-refractivity contribution in [2.45, 2.75) is 6.92 Å². The van der Waals surface area contributed by atoms with Gasteiger partial charge in [0, 0.05) is 0 Å². The molecule has 27 heavy (non-hydrogen) atoms. The summed E-state index contributed by atoms with van der Waals surface area (Å²) >= 11 is 0. The Morgan fingerprint density at radius 2 is 1.81 bits per heavy atom. The molecule has 2 N–H and O–H groups in total. The highest BCUT2D eigenvalue weighted by atomic mass is 16.5. The number of carbonyl (C=O) groups excluding carboxylic acids is 1. The van der Waals surface area contributed by atoms with Gasteiger partial charge >= 0.3 is 0 Å². The monoisotopic (exact) mass is 359 g/mol. The number of nitrogens with one attached hydrogen (secondary N) is 2. The molecule has 3 aromatic rings. The summed E-state index contributed by atoms with van der Waals surface area (Å²) in [6, 6.07) is 16.3. The van der Waals surface area contributed by atoms with Crippen molar-refractivity contribution in [3.63, 3.8) is 0 Å². The van der Waals surface area contributed by atoms with E-state index in [2.05, 4.69) is 20.6 Å². The third-order valence-electron chi connectivity index (χ3n) is 3.63. The first-order valence-electron chi connectivity index (χ1n) is 8.32. The number of anilines is 3. The quantitative estimate of drug-likeness (QED) is 0.695. The molecule has 0 fully saturated rings. The molecule has 7 heteroatoms. The number of hydrogen-bond donors (Lipinski definition) is 2. The Morgan fingerprint density at radius 1 is 1.07 bits per heavy atom. The Kier molecular flexibility index (Phi) is 5.60. The van der Waals surface area contributed by atoms with Crippen LogP contribution in [0, 0.1) is 11.3 Å². The maximum Gasteiger partial charge on any atom is 0.275 e. The van der Waals surface area contributed by atoms with Crippen molar-refractivity contribution in [2.75, 3.05) is 17.2 Å². The average molecular weight is 359 g/mol. The zero-order valence-corrected chi connectivity index (χ0v) is 14.6. The summed E-state index contributed by atoms with van der Waals surface area (Å²) < 4.78 is 5.56. The van der Waals surface area contributed by atoms with E-state index in [1.54, 1.807) is 24.3 Å². The van der Waals surface area contributed by atoms with Gasteiger partial charge in [-0.1, -0.05) is 24.3 Å². The van der Waals surface area contributed by atoms with E-state index in [1.165, 1.54) is 12.4 Å².